The minimum absolute atomic E-state index is 0.0121. The minimum Gasteiger partial charge on any atom is -0.477 e. The number of benzene rings is 1. The number of anilines is 1. The number of amides is 1. The third kappa shape index (κ3) is 3.90. The number of aromatic carboxylic acids is 1. The topological polar surface area (TPSA) is 135 Å². The van der Waals surface area contributed by atoms with Crippen molar-refractivity contribution in [2.75, 3.05) is 18.0 Å². The van der Waals surface area contributed by atoms with Gasteiger partial charge < -0.3 is 19.9 Å². The molecule has 3 heterocycles. The van der Waals surface area contributed by atoms with Crippen LogP contribution in [0.15, 0.2) is 23.4 Å². The molecule has 1 aliphatic heterocycles. The first-order chi connectivity index (χ1) is 15.8. The van der Waals surface area contributed by atoms with Gasteiger partial charge in [-0.1, -0.05) is 11.6 Å². The fraction of sp³-hybridized carbons (Fsp3) is 0.400. The van der Waals surface area contributed by atoms with Gasteiger partial charge in [0.1, 0.15) is 17.9 Å². The Balaban J connectivity index is 1.46. The lowest BCUT2D eigenvalue weighted by atomic mass is 10.1. The summed E-state index contributed by atoms with van der Waals surface area (Å²) in [6.07, 6.45) is 4.73. The van der Waals surface area contributed by atoms with E-state index in [1.807, 2.05) is 0 Å². The highest BCUT2D eigenvalue weighted by Crippen LogP contribution is 2.42. The lowest BCUT2D eigenvalue weighted by molar-refractivity contribution is -0.122. The van der Waals surface area contributed by atoms with Gasteiger partial charge in [-0.15, -0.1) is 10.2 Å². The average Bonchev–Trinajstić information content (AvgIpc) is 3.29. The van der Waals surface area contributed by atoms with Crippen molar-refractivity contribution in [3.63, 3.8) is 0 Å². The van der Waals surface area contributed by atoms with Gasteiger partial charge in [0, 0.05) is 31.4 Å². The molecule has 0 radical (unpaired) electrons. The summed E-state index contributed by atoms with van der Waals surface area (Å²) >= 11 is 6.65. The lowest BCUT2D eigenvalue weighted by Gasteiger charge is -2.23. The standard InChI is InChI=1S/C20H19ClFN7O4/c21-16-17-12(19(31)13(20(32)33)7-28(17)11-1-2-11)5-14(22)18(16)27-4-3-10(6-27)25-15(30)8-29-24-9-23-26-29/h5,7,9-11H,1-4,6,8H2,(H,25,30)(H,32,33). The second-order valence-electron chi connectivity index (χ2n) is 8.20. The maximum atomic E-state index is 15.2. The molecule has 1 aliphatic carbocycles. The SMILES string of the molecule is O=C(Cn1ncnn1)NC1CCN(c2c(F)cc3c(=O)c(C(=O)O)cn(C4CC4)c3c2Cl)C1. The predicted octanol–water partition coefficient (Wildman–Crippen LogP) is 1.21. The Morgan fingerprint density at radius 1 is 1.30 bits per heavy atom. The predicted molar refractivity (Wildman–Crippen MR) is 115 cm³/mol. The second-order valence-corrected chi connectivity index (χ2v) is 8.58. The first-order valence-electron chi connectivity index (χ1n) is 10.4. The molecule has 1 unspecified atom stereocenters. The number of fused-ring (bicyclic) bond motifs is 1. The summed E-state index contributed by atoms with van der Waals surface area (Å²) in [5.41, 5.74) is -0.718. The zero-order valence-corrected chi connectivity index (χ0v) is 18.0. The van der Waals surface area contributed by atoms with Crippen LogP contribution < -0.4 is 15.6 Å². The molecule has 5 rings (SSSR count). The fourth-order valence-electron chi connectivity index (χ4n) is 4.26. The quantitative estimate of drug-likeness (QED) is 0.543. The van der Waals surface area contributed by atoms with Crippen LogP contribution in [0.1, 0.15) is 35.7 Å². The molecular formula is C20H19ClFN7O4. The van der Waals surface area contributed by atoms with Crippen LogP contribution in [0.5, 0.6) is 0 Å². The highest BCUT2D eigenvalue weighted by Gasteiger charge is 2.32. The van der Waals surface area contributed by atoms with Crippen molar-refractivity contribution in [1.29, 1.82) is 0 Å². The molecule has 1 amide bonds. The van der Waals surface area contributed by atoms with Crippen LogP contribution in [0.2, 0.25) is 5.02 Å². The van der Waals surface area contributed by atoms with Crippen molar-refractivity contribution in [3.05, 3.63) is 45.2 Å². The largest absolute Gasteiger partial charge is 0.477 e. The van der Waals surface area contributed by atoms with Gasteiger partial charge in [-0.3, -0.25) is 9.59 Å². The van der Waals surface area contributed by atoms with E-state index in [0.717, 1.165) is 23.7 Å². The Morgan fingerprint density at radius 3 is 2.76 bits per heavy atom. The van der Waals surface area contributed by atoms with Crippen LogP contribution in [0.25, 0.3) is 10.9 Å². The van der Waals surface area contributed by atoms with Crippen molar-refractivity contribution in [2.24, 2.45) is 0 Å². The summed E-state index contributed by atoms with van der Waals surface area (Å²) in [6.45, 7) is 0.677. The van der Waals surface area contributed by atoms with Crippen molar-refractivity contribution in [2.45, 2.75) is 37.9 Å². The zero-order valence-electron chi connectivity index (χ0n) is 17.2. The number of carbonyl (C=O) groups excluding carboxylic acids is 1. The van der Waals surface area contributed by atoms with Crippen molar-refractivity contribution >= 4 is 40.1 Å². The Kier molecular flexibility index (Phi) is 5.23. The van der Waals surface area contributed by atoms with E-state index >= 15 is 4.39 Å². The number of hydrogen-bond acceptors (Lipinski definition) is 7. The first kappa shape index (κ1) is 21.3. The molecule has 1 aromatic carbocycles. The van der Waals surface area contributed by atoms with Crippen molar-refractivity contribution < 1.29 is 19.1 Å². The monoisotopic (exact) mass is 475 g/mol. The van der Waals surface area contributed by atoms with E-state index in [2.05, 4.69) is 20.7 Å². The average molecular weight is 476 g/mol. The van der Waals surface area contributed by atoms with Crippen molar-refractivity contribution in [1.82, 2.24) is 30.1 Å². The number of hydrogen-bond donors (Lipinski definition) is 2. The maximum Gasteiger partial charge on any atom is 0.341 e. The van der Waals surface area contributed by atoms with Crippen LogP contribution in [-0.4, -0.2) is 60.9 Å². The first-order valence-corrected chi connectivity index (χ1v) is 10.8. The second kappa shape index (κ2) is 8.10. The Hall–Kier alpha value is -3.54. The van der Waals surface area contributed by atoms with E-state index in [-0.39, 0.29) is 40.6 Å². The molecule has 2 aromatic heterocycles. The Morgan fingerprint density at radius 2 is 2.09 bits per heavy atom. The van der Waals surface area contributed by atoms with Crippen LogP contribution >= 0.6 is 11.6 Å². The third-order valence-corrected chi connectivity index (χ3v) is 6.26. The van der Waals surface area contributed by atoms with Gasteiger partial charge in [-0.05, 0) is 30.5 Å². The van der Waals surface area contributed by atoms with E-state index in [4.69, 9.17) is 11.6 Å². The number of halogens is 2. The van der Waals surface area contributed by atoms with Crippen LogP contribution in [0.4, 0.5) is 10.1 Å². The number of tetrazole rings is 1. The molecule has 1 atom stereocenters. The number of nitrogens with one attached hydrogen (secondary N) is 1. The lowest BCUT2D eigenvalue weighted by Crippen LogP contribution is -2.39. The maximum absolute atomic E-state index is 15.2. The normalized spacial score (nSPS) is 18.1. The summed E-state index contributed by atoms with van der Waals surface area (Å²) < 4.78 is 16.9. The molecule has 0 spiro atoms. The number of carbonyl (C=O) groups is 2. The fourth-order valence-corrected chi connectivity index (χ4v) is 4.67. The summed E-state index contributed by atoms with van der Waals surface area (Å²) in [4.78, 5) is 39.4. The molecule has 0 bridgehead atoms. The molecule has 3 aromatic rings. The molecule has 33 heavy (non-hydrogen) atoms. The number of carboxylic acid groups (broad SMARTS) is 1. The number of carboxylic acids is 1. The summed E-state index contributed by atoms with van der Waals surface area (Å²) in [7, 11) is 0. The van der Waals surface area contributed by atoms with Crippen LogP contribution in [0, 0.1) is 5.82 Å². The molecule has 1 saturated carbocycles. The van der Waals surface area contributed by atoms with Gasteiger partial charge in [0.15, 0.2) is 6.33 Å². The minimum atomic E-state index is -1.36. The summed E-state index contributed by atoms with van der Waals surface area (Å²) in [5, 5.41) is 23.3. The highest BCUT2D eigenvalue weighted by molar-refractivity contribution is 6.38. The van der Waals surface area contributed by atoms with Crippen LogP contribution in [-0.2, 0) is 11.3 Å². The van der Waals surface area contributed by atoms with Gasteiger partial charge in [0.25, 0.3) is 0 Å². The van der Waals surface area contributed by atoms with E-state index < -0.39 is 22.8 Å². The number of pyridine rings is 1. The van der Waals surface area contributed by atoms with E-state index in [9.17, 15) is 19.5 Å². The number of rotatable bonds is 6. The van der Waals surface area contributed by atoms with Gasteiger partial charge in [-0.25, -0.2) is 9.18 Å². The molecular weight excluding hydrogens is 457 g/mol. The zero-order chi connectivity index (χ0) is 23.3. The molecule has 1 saturated heterocycles. The molecule has 2 fully saturated rings. The van der Waals surface area contributed by atoms with Crippen molar-refractivity contribution in [3.8, 4) is 0 Å². The van der Waals surface area contributed by atoms with E-state index in [1.54, 1.807) is 9.47 Å². The van der Waals surface area contributed by atoms with Crippen LogP contribution in [0.3, 0.4) is 0 Å². The van der Waals surface area contributed by atoms with E-state index in [1.165, 1.54) is 12.5 Å². The third-order valence-electron chi connectivity index (χ3n) is 5.90. The van der Waals surface area contributed by atoms with Gasteiger partial charge >= 0.3 is 5.97 Å². The molecule has 172 valence electrons. The van der Waals surface area contributed by atoms with Gasteiger partial charge in [-0.2, -0.15) is 4.80 Å². The smallest absolute Gasteiger partial charge is 0.341 e. The summed E-state index contributed by atoms with van der Waals surface area (Å²) in [6, 6.07) is 0.831. The van der Waals surface area contributed by atoms with Gasteiger partial charge in [0.2, 0.25) is 11.3 Å². The molecule has 13 heteroatoms. The highest BCUT2D eigenvalue weighted by atomic mass is 35.5. The Labute approximate surface area is 190 Å². The molecule has 2 N–H and O–H groups in total. The molecule has 2 aliphatic rings. The number of nitrogens with zero attached hydrogens (tertiary/aromatic N) is 6. The number of aromatic nitrogens is 5. The van der Waals surface area contributed by atoms with E-state index in [0.29, 0.717) is 25.0 Å². The summed E-state index contributed by atoms with van der Waals surface area (Å²) in [5.74, 6) is -2.38. The Bertz CT molecular complexity index is 1320. The van der Waals surface area contributed by atoms with Gasteiger partial charge in [0.05, 0.1) is 21.6 Å². The molecule has 11 nitrogen and oxygen atoms in total.